The molecular weight excluding hydrogens is 408 g/mol. The highest BCUT2D eigenvalue weighted by Gasteiger charge is 2.67. The first-order valence-corrected chi connectivity index (χ1v) is 11.0. The molecule has 32 heavy (non-hydrogen) atoms. The second kappa shape index (κ2) is 9.48. The molecule has 2 aliphatic rings. The third kappa shape index (κ3) is 4.90. The Labute approximate surface area is 190 Å². The fourth-order valence-electron chi connectivity index (χ4n) is 5.09. The maximum Gasteiger partial charge on any atom is 0.309 e. The summed E-state index contributed by atoms with van der Waals surface area (Å²) in [6.07, 6.45) is 8.39. The number of benzene rings is 1. The van der Waals surface area contributed by atoms with E-state index in [1.807, 2.05) is 44.2 Å². The number of esters is 2. The number of carbonyl (C=O) groups is 2. The Morgan fingerprint density at radius 1 is 1.38 bits per heavy atom. The lowest BCUT2D eigenvalue weighted by atomic mass is 9.70. The molecule has 1 aromatic carbocycles. The average Bonchev–Trinajstić information content (AvgIpc) is 3.12. The van der Waals surface area contributed by atoms with Gasteiger partial charge in [0.15, 0.2) is 5.60 Å². The Balaban J connectivity index is 1.84. The van der Waals surface area contributed by atoms with E-state index in [9.17, 15) is 9.59 Å². The summed E-state index contributed by atoms with van der Waals surface area (Å²) < 4.78 is 23.7. The van der Waals surface area contributed by atoms with Crippen molar-refractivity contribution < 1.29 is 28.5 Å². The maximum absolute atomic E-state index is 12.3. The Morgan fingerprint density at radius 2 is 2.09 bits per heavy atom. The largest absolute Gasteiger partial charge is 0.456 e. The van der Waals surface area contributed by atoms with Gasteiger partial charge in [-0.3, -0.25) is 9.59 Å². The number of ether oxygens (including phenoxy) is 4. The molecule has 2 fully saturated rings. The molecule has 0 aromatic heterocycles. The van der Waals surface area contributed by atoms with E-state index in [0.29, 0.717) is 13.0 Å². The molecule has 0 aliphatic carbocycles. The molecule has 0 amide bonds. The van der Waals surface area contributed by atoms with E-state index in [2.05, 4.69) is 12.5 Å². The van der Waals surface area contributed by atoms with Crippen LogP contribution in [0.2, 0.25) is 0 Å². The molecule has 0 unspecified atom stereocenters. The van der Waals surface area contributed by atoms with Gasteiger partial charge in [0.25, 0.3) is 0 Å². The first-order chi connectivity index (χ1) is 15.2. The van der Waals surface area contributed by atoms with Crippen LogP contribution in [-0.4, -0.2) is 41.5 Å². The SMILES string of the molecule is C#C[C@](CCOCc1ccccc1)(C[C@@]12OC(=O)C[C@@H]1OC(C)(C)[C@H]2CC=C)OC(C)=O. The van der Waals surface area contributed by atoms with Crippen molar-refractivity contribution >= 4 is 11.9 Å². The minimum Gasteiger partial charge on any atom is -0.456 e. The van der Waals surface area contributed by atoms with Crippen molar-refractivity contribution in [2.24, 2.45) is 5.92 Å². The van der Waals surface area contributed by atoms with Crippen molar-refractivity contribution in [3.8, 4) is 12.3 Å². The molecule has 2 aliphatic heterocycles. The third-order valence-electron chi connectivity index (χ3n) is 6.40. The molecule has 1 aromatic rings. The highest BCUT2D eigenvalue weighted by Crippen LogP contribution is 2.55. The summed E-state index contributed by atoms with van der Waals surface area (Å²) in [5.74, 6) is 1.67. The first-order valence-electron chi connectivity index (χ1n) is 11.0. The fourth-order valence-corrected chi connectivity index (χ4v) is 5.09. The monoisotopic (exact) mass is 440 g/mol. The van der Waals surface area contributed by atoms with Crippen LogP contribution in [0, 0.1) is 18.3 Å². The predicted molar refractivity (Wildman–Crippen MR) is 119 cm³/mol. The fraction of sp³-hybridized carbons (Fsp3) is 0.538. The van der Waals surface area contributed by atoms with Gasteiger partial charge in [0.1, 0.15) is 11.7 Å². The number of fused-ring (bicyclic) bond motifs is 1. The standard InChI is InChI=1S/C26H32O6/c1-6-11-21-24(4,5)31-22-16-23(28)32-26(21,22)18-25(7-2,30-19(3)27)14-15-29-17-20-12-9-8-10-13-20/h2,6,8-10,12-13,21-22H,1,11,14-18H2,3-5H3/t21-,22+,25+,26+/m1/s1. The molecule has 4 atom stereocenters. The average molecular weight is 441 g/mol. The van der Waals surface area contributed by atoms with E-state index >= 15 is 0 Å². The summed E-state index contributed by atoms with van der Waals surface area (Å²) in [7, 11) is 0. The van der Waals surface area contributed by atoms with Crippen molar-refractivity contribution in [1.29, 1.82) is 0 Å². The molecule has 0 spiro atoms. The van der Waals surface area contributed by atoms with Gasteiger partial charge in [0.2, 0.25) is 0 Å². The van der Waals surface area contributed by atoms with Crippen LogP contribution < -0.4 is 0 Å². The molecule has 6 heteroatoms. The highest BCUT2D eigenvalue weighted by atomic mass is 16.6. The van der Waals surface area contributed by atoms with Crippen LogP contribution in [0.1, 0.15) is 52.0 Å². The molecule has 0 saturated carbocycles. The van der Waals surface area contributed by atoms with Gasteiger partial charge in [0.05, 0.1) is 25.2 Å². The minimum absolute atomic E-state index is 0.141. The molecule has 6 nitrogen and oxygen atoms in total. The zero-order valence-electron chi connectivity index (χ0n) is 19.1. The number of allylic oxidation sites excluding steroid dienone is 1. The highest BCUT2D eigenvalue weighted by molar-refractivity contribution is 5.74. The molecule has 3 rings (SSSR count). The molecular formula is C26H32O6. The lowest BCUT2D eigenvalue weighted by Crippen LogP contribution is -2.52. The first kappa shape index (κ1) is 24.0. The molecule has 0 radical (unpaired) electrons. The van der Waals surface area contributed by atoms with Gasteiger partial charge in [-0.25, -0.2) is 0 Å². The van der Waals surface area contributed by atoms with Crippen LogP contribution in [0.3, 0.4) is 0 Å². The lowest BCUT2D eigenvalue weighted by Gasteiger charge is -2.41. The van der Waals surface area contributed by atoms with Crippen molar-refractivity contribution in [3.63, 3.8) is 0 Å². The second-order valence-electron chi connectivity index (χ2n) is 9.12. The van der Waals surface area contributed by atoms with Gasteiger partial charge in [-0.1, -0.05) is 42.3 Å². The minimum atomic E-state index is -1.30. The smallest absolute Gasteiger partial charge is 0.309 e. The van der Waals surface area contributed by atoms with Gasteiger partial charge in [-0.05, 0) is 25.8 Å². The van der Waals surface area contributed by atoms with Crippen LogP contribution in [-0.2, 0) is 35.1 Å². The quantitative estimate of drug-likeness (QED) is 0.237. The summed E-state index contributed by atoms with van der Waals surface area (Å²) in [6.45, 7) is 9.83. The van der Waals surface area contributed by atoms with E-state index in [4.69, 9.17) is 25.4 Å². The van der Waals surface area contributed by atoms with Crippen molar-refractivity contribution in [1.82, 2.24) is 0 Å². The molecule has 0 N–H and O–H groups in total. The molecule has 0 bridgehead atoms. The number of carbonyl (C=O) groups excluding carboxylic acids is 2. The summed E-state index contributed by atoms with van der Waals surface area (Å²) in [4.78, 5) is 24.3. The second-order valence-corrected chi connectivity index (χ2v) is 9.12. The summed E-state index contributed by atoms with van der Waals surface area (Å²) in [5.41, 5.74) is -1.82. The zero-order valence-corrected chi connectivity index (χ0v) is 19.1. The Kier molecular flexibility index (Phi) is 7.12. The Bertz CT molecular complexity index is 885. The normalized spacial score (nSPS) is 27.6. The van der Waals surface area contributed by atoms with Gasteiger partial charge >= 0.3 is 11.9 Å². The van der Waals surface area contributed by atoms with E-state index in [-0.39, 0.29) is 37.8 Å². The van der Waals surface area contributed by atoms with E-state index in [1.165, 1.54) is 6.92 Å². The summed E-state index contributed by atoms with van der Waals surface area (Å²) in [6, 6.07) is 9.77. The van der Waals surface area contributed by atoms with Crippen molar-refractivity contribution in [3.05, 3.63) is 48.6 Å². The van der Waals surface area contributed by atoms with E-state index in [0.717, 1.165) is 5.56 Å². The van der Waals surface area contributed by atoms with Gasteiger partial charge in [0, 0.05) is 25.7 Å². The Hall–Kier alpha value is -2.62. The molecule has 172 valence electrons. The Morgan fingerprint density at radius 3 is 2.72 bits per heavy atom. The lowest BCUT2D eigenvalue weighted by molar-refractivity contribution is -0.168. The van der Waals surface area contributed by atoms with Crippen LogP contribution in [0.25, 0.3) is 0 Å². The number of hydrogen-bond acceptors (Lipinski definition) is 6. The summed E-state index contributed by atoms with van der Waals surface area (Å²) in [5, 5.41) is 0. The zero-order chi connectivity index (χ0) is 23.4. The van der Waals surface area contributed by atoms with Crippen LogP contribution in [0.4, 0.5) is 0 Å². The maximum atomic E-state index is 12.3. The van der Waals surface area contributed by atoms with Gasteiger partial charge in [-0.15, -0.1) is 13.0 Å². The number of terminal acetylenes is 1. The molecule has 2 saturated heterocycles. The van der Waals surface area contributed by atoms with Crippen molar-refractivity contribution in [2.75, 3.05) is 6.61 Å². The number of hydrogen-bond donors (Lipinski definition) is 0. The van der Waals surface area contributed by atoms with Gasteiger partial charge < -0.3 is 18.9 Å². The third-order valence-corrected chi connectivity index (χ3v) is 6.40. The van der Waals surface area contributed by atoms with E-state index in [1.54, 1.807) is 6.08 Å². The van der Waals surface area contributed by atoms with Crippen LogP contribution in [0.5, 0.6) is 0 Å². The number of rotatable bonds is 10. The van der Waals surface area contributed by atoms with Crippen molar-refractivity contribution in [2.45, 2.75) is 76.0 Å². The van der Waals surface area contributed by atoms with Gasteiger partial charge in [-0.2, -0.15) is 0 Å². The topological polar surface area (TPSA) is 71.1 Å². The van der Waals surface area contributed by atoms with E-state index < -0.39 is 28.9 Å². The molecule has 2 heterocycles. The predicted octanol–water partition coefficient (Wildman–Crippen LogP) is 3.97. The van der Waals surface area contributed by atoms with Crippen LogP contribution in [0.15, 0.2) is 43.0 Å². The summed E-state index contributed by atoms with van der Waals surface area (Å²) >= 11 is 0. The van der Waals surface area contributed by atoms with Crippen LogP contribution >= 0.6 is 0 Å².